The van der Waals surface area contributed by atoms with Gasteiger partial charge >= 0.3 is 5.69 Å². The molecule has 0 saturated carbocycles. The zero-order chi connectivity index (χ0) is 28.2. The summed E-state index contributed by atoms with van der Waals surface area (Å²) in [5, 5.41) is 22.8. The maximum absolute atomic E-state index is 13.0. The molecule has 2 atom stereocenters. The Morgan fingerprint density at radius 2 is 1.90 bits per heavy atom. The van der Waals surface area contributed by atoms with Gasteiger partial charge in [0.25, 0.3) is 0 Å². The van der Waals surface area contributed by atoms with Crippen LogP contribution in [-0.4, -0.2) is 93.7 Å². The van der Waals surface area contributed by atoms with Gasteiger partial charge < -0.3 is 42.4 Å². The van der Waals surface area contributed by atoms with E-state index in [-0.39, 0.29) is 24.3 Å². The first-order valence-electron chi connectivity index (χ1n) is 14.1. The highest BCUT2D eigenvalue weighted by atomic mass is 16.5. The van der Waals surface area contributed by atoms with Crippen LogP contribution in [0.25, 0.3) is 0 Å². The first-order valence-corrected chi connectivity index (χ1v) is 14.1. The molecule has 1 aromatic heterocycles. The van der Waals surface area contributed by atoms with E-state index in [2.05, 4.69) is 32.3 Å². The van der Waals surface area contributed by atoms with Crippen LogP contribution in [-0.2, 0) is 0 Å². The molecule has 218 valence electrons. The summed E-state index contributed by atoms with van der Waals surface area (Å²) in [7, 11) is 0. The molecule has 1 aromatic carbocycles. The van der Waals surface area contributed by atoms with Crippen LogP contribution < -0.4 is 32.9 Å². The fourth-order valence-electron chi connectivity index (χ4n) is 5.90. The van der Waals surface area contributed by atoms with Crippen molar-refractivity contribution in [3.8, 4) is 11.5 Å². The molecule has 3 aliphatic heterocycles. The van der Waals surface area contributed by atoms with Crippen molar-refractivity contribution in [2.45, 2.75) is 56.3 Å². The molecule has 2 unspecified atom stereocenters. The summed E-state index contributed by atoms with van der Waals surface area (Å²) >= 11 is 0. The van der Waals surface area contributed by atoms with E-state index in [4.69, 9.17) is 21.9 Å². The molecule has 0 aliphatic carbocycles. The second-order valence-corrected chi connectivity index (χ2v) is 10.9. The van der Waals surface area contributed by atoms with E-state index in [0.717, 1.165) is 63.0 Å². The van der Waals surface area contributed by atoms with Gasteiger partial charge in [-0.3, -0.25) is 14.5 Å². The van der Waals surface area contributed by atoms with Gasteiger partial charge in [-0.15, -0.1) is 0 Å². The Balaban J connectivity index is 1.19. The lowest BCUT2D eigenvalue weighted by Gasteiger charge is -2.37. The summed E-state index contributed by atoms with van der Waals surface area (Å²) in [5.74, 6) is 2.11. The van der Waals surface area contributed by atoms with Crippen LogP contribution in [0, 0.1) is 0 Å². The Hall–Kier alpha value is -3.23. The van der Waals surface area contributed by atoms with Crippen molar-refractivity contribution in [1.29, 1.82) is 0 Å². The molecule has 0 amide bonds. The van der Waals surface area contributed by atoms with Gasteiger partial charge in [0.15, 0.2) is 23.3 Å². The molecule has 0 spiro atoms. The molecular weight excluding hydrogens is 514 g/mol. The Kier molecular flexibility index (Phi) is 8.86. The van der Waals surface area contributed by atoms with Crippen LogP contribution in [0.3, 0.4) is 0 Å². The number of rotatable bonds is 9. The second-order valence-electron chi connectivity index (χ2n) is 10.9. The Morgan fingerprint density at radius 1 is 1.15 bits per heavy atom. The summed E-state index contributed by atoms with van der Waals surface area (Å²) in [5.41, 5.74) is 18.2. The smallest absolute Gasteiger partial charge is 0.350 e. The minimum absolute atomic E-state index is 0.0722. The van der Waals surface area contributed by atoms with Gasteiger partial charge in [-0.05, 0) is 62.3 Å². The summed E-state index contributed by atoms with van der Waals surface area (Å²) in [6, 6.07) is 5.50. The standard InChI is InChI=1S/C27H41N9O4/c28-20(16-37)25(38)35-12-4-17(5-13-35)18-2-3-22-21(14-18)32-24-23(40-22)15-36(27(39)33-24)19-6-10-34(11-7-19)9-1-8-31-26(29)30/h2-3,14-15,17,19-20,25,37-38H,1,4-13,16,28H2,(H4,29,30,31)(H,32,33,39). The highest BCUT2D eigenvalue weighted by molar-refractivity contribution is 5.75. The highest BCUT2D eigenvalue weighted by Gasteiger charge is 2.29. The lowest BCUT2D eigenvalue weighted by Crippen LogP contribution is -2.51. The van der Waals surface area contributed by atoms with Gasteiger partial charge in [0.1, 0.15) is 6.23 Å². The van der Waals surface area contributed by atoms with E-state index in [1.54, 1.807) is 10.8 Å². The van der Waals surface area contributed by atoms with Crippen LogP contribution in [0.4, 0.5) is 11.5 Å². The molecule has 9 N–H and O–H groups in total. The van der Waals surface area contributed by atoms with Crippen LogP contribution >= 0.6 is 0 Å². The SMILES string of the molecule is NC(N)=NCCCN1CCC(n2cc3c(nc2=O)Nc2cc(C4CCN(C(O)C(N)CO)CC4)ccc2O3)CC1. The molecule has 40 heavy (non-hydrogen) atoms. The van der Waals surface area contributed by atoms with Crippen LogP contribution in [0.2, 0.25) is 0 Å². The predicted molar refractivity (Wildman–Crippen MR) is 153 cm³/mol. The zero-order valence-corrected chi connectivity index (χ0v) is 22.8. The molecule has 2 fully saturated rings. The number of aliphatic hydroxyl groups excluding tert-OH is 2. The average Bonchev–Trinajstić information content (AvgIpc) is 2.97. The molecule has 0 radical (unpaired) electrons. The van der Waals surface area contributed by atoms with E-state index in [1.165, 1.54) is 0 Å². The summed E-state index contributed by atoms with van der Waals surface area (Å²) in [4.78, 5) is 25.6. The number of likely N-dealkylation sites (tertiary alicyclic amines) is 2. The number of piperidine rings is 2. The first-order chi connectivity index (χ1) is 19.3. The molecule has 3 aliphatic rings. The van der Waals surface area contributed by atoms with E-state index >= 15 is 0 Å². The van der Waals surface area contributed by atoms with Crippen LogP contribution in [0.1, 0.15) is 49.6 Å². The number of hydrogen-bond donors (Lipinski definition) is 6. The third-order valence-corrected chi connectivity index (χ3v) is 8.24. The molecule has 2 aromatic rings. The monoisotopic (exact) mass is 555 g/mol. The average molecular weight is 556 g/mol. The number of anilines is 2. The number of nitrogens with one attached hydrogen (secondary N) is 1. The number of aliphatic hydroxyl groups is 2. The largest absolute Gasteiger partial charge is 0.450 e. The van der Waals surface area contributed by atoms with Gasteiger partial charge in [0.05, 0.1) is 24.5 Å². The van der Waals surface area contributed by atoms with Gasteiger partial charge in [-0.2, -0.15) is 4.98 Å². The fourth-order valence-corrected chi connectivity index (χ4v) is 5.90. The lowest BCUT2D eigenvalue weighted by molar-refractivity contribution is -0.0387. The molecule has 13 nitrogen and oxygen atoms in total. The van der Waals surface area contributed by atoms with E-state index < -0.39 is 12.3 Å². The first kappa shape index (κ1) is 28.3. The van der Waals surface area contributed by atoms with Crippen LogP contribution in [0.5, 0.6) is 11.5 Å². The van der Waals surface area contributed by atoms with Gasteiger partial charge in [-0.1, -0.05) is 6.07 Å². The minimum atomic E-state index is -0.842. The molecule has 13 heteroatoms. The van der Waals surface area contributed by atoms with Crippen molar-refractivity contribution >= 4 is 17.5 Å². The Morgan fingerprint density at radius 3 is 2.60 bits per heavy atom. The summed E-state index contributed by atoms with van der Waals surface area (Å²) in [6.07, 6.45) is 5.28. The van der Waals surface area contributed by atoms with Gasteiger partial charge in [0, 0.05) is 38.8 Å². The summed E-state index contributed by atoms with van der Waals surface area (Å²) < 4.78 is 7.90. The highest BCUT2D eigenvalue weighted by Crippen LogP contribution is 2.42. The predicted octanol–water partition coefficient (Wildman–Crippen LogP) is 0.210. The molecule has 5 rings (SSSR count). The number of nitrogens with two attached hydrogens (primary N) is 3. The quantitative estimate of drug-likeness (QED) is 0.120. The van der Waals surface area contributed by atoms with E-state index in [9.17, 15) is 15.0 Å². The van der Waals surface area contributed by atoms with Crippen molar-refractivity contribution in [3.63, 3.8) is 0 Å². The van der Waals surface area contributed by atoms with Crippen molar-refractivity contribution < 1.29 is 14.9 Å². The van der Waals surface area contributed by atoms with Crippen molar-refractivity contribution in [3.05, 3.63) is 40.4 Å². The molecular formula is C27H41N9O4. The third-order valence-electron chi connectivity index (χ3n) is 8.24. The number of nitrogens with zero attached hydrogens (tertiary/aromatic N) is 5. The molecule has 2 saturated heterocycles. The number of fused-ring (bicyclic) bond motifs is 2. The fraction of sp³-hybridized carbons (Fsp3) is 0.593. The Labute approximate surface area is 233 Å². The topological polar surface area (TPSA) is 194 Å². The minimum Gasteiger partial charge on any atom is -0.450 e. The normalized spacial score (nSPS) is 20.1. The number of ether oxygens (including phenoxy) is 1. The molecule has 0 bridgehead atoms. The van der Waals surface area contributed by atoms with Crippen LogP contribution in [0.15, 0.2) is 34.2 Å². The van der Waals surface area contributed by atoms with Crippen molar-refractivity contribution in [2.75, 3.05) is 51.2 Å². The maximum atomic E-state index is 13.0. The number of aliphatic imine (C=N–C) groups is 1. The number of benzene rings is 1. The van der Waals surface area contributed by atoms with E-state index in [1.807, 2.05) is 11.0 Å². The zero-order valence-electron chi connectivity index (χ0n) is 22.8. The van der Waals surface area contributed by atoms with Crippen molar-refractivity contribution in [2.24, 2.45) is 22.2 Å². The van der Waals surface area contributed by atoms with Gasteiger partial charge in [-0.25, -0.2) is 4.79 Å². The number of guanidine groups is 1. The maximum Gasteiger partial charge on any atom is 0.350 e. The third kappa shape index (κ3) is 6.39. The Bertz CT molecular complexity index is 1250. The summed E-state index contributed by atoms with van der Waals surface area (Å²) in [6.45, 7) is 4.47. The lowest BCUT2D eigenvalue weighted by atomic mass is 9.88. The van der Waals surface area contributed by atoms with Crippen molar-refractivity contribution in [1.82, 2.24) is 19.4 Å². The second kappa shape index (κ2) is 12.5. The number of aromatic nitrogens is 2. The molecule has 4 heterocycles. The number of hydrogen-bond acceptors (Lipinski definition) is 10. The van der Waals surface area contributed by atoms with Gasteiger partial charge in [0.2, 0.25) is 0 Å². The van der Waals surface area contributed by atoms with E-state index in [0.29, 0.717) is 42.9 Å².